The van der Waals surface area contributed by atoms with Gasteiger partial charge in [0.1, 0.15) is 6.10 Å². The first-order chi connectivity index (χ1) is 11.6. The number of methoxy groups -OCH3 is 1. The van der Waals surface area contributed by atoms with Gasteiger partial charge in [0.2, 0.25) is 6.29 Å². The lowest BCUT2D eigenvalue weighted by atomic mass is 10.2. The van der Waals surface area contributed by atoms with Crippen LogP contribution in [0.2, 0.25) is 0 Å². The standard InChI is InChI=1S/C14H20O9S2/c1-19-13-12(22-24(2,15)16)11(14(21-13)23-25(3,17)18)20-9-10-7-5-4-6-8-10/h4-8,11-14H,9H2,1-3H3/t11-,12?,13+,14+/m0/s1. The van der Waals surface area contributed by atoms with Crippen molar-refractivity contribution < 1.29 is 39.4 Å². The predicted molar refractivity (Wildman–Crippen MR) is 86.3 cm³/mol. The average molecular weight is 396 g/mol. The fourth-order valence-corrected chi connectivity index (χ4v) is 3.38. The van der Waals surface area contributed by atoms with Crippen molar-refractivity contribution in [3.05, 3.63) is 35.9 Å². The van der Waals surface area contributed by atoms with Gasteiger partial charge in [-0.2, -0.15) is 16.8 Å². The molecule has 1 fully saturated rings. The second kappa shape index (κ2) is 8.08. The molecule has 25 heavy (non-hydrogen) atoms. The number of hydrogen-bond acceptors (Lipinski definition) is 9. The summed E-state index contributed by atoms with van der Waals surface area (Å²) < 4.78 is 71.7. The molecule has 0 aromatic heterocycles. The van der Waals surface area contributed by atoms with Crippen LogP contribution in [0.3, 0.4) is 0 Å². The van der Waals surface area contributed by atoms with Gasteiger partial charge in [0, 0.05) is 7.11 Å². The van der Waals surface area contributed by atoms with Crippen molar-refractivity contribution in [2.75, 3.05) is 19.6 Å². The quantitative estimate of drug-likeness (QED) is 0.569. The van der Waals surface area contributed by atoms with E-state index in [1.54, 1.807) is 24.3 Å². The SMILES string of the molecule is CO[C@@H]1O[C@H](OS(C)(=O)=O)[C@@H](OCc2ccccc2)C1OS(C)(=O)=O. The molecule has 0 N–H and O–H groups in total. The Balaban J connectivity index is 2.23. The lowest BCUT2D eigenvalue weighted by Gasteiger charge is -2.22. The summed E-state index contributed by atoms with van der Waals surface area (Å²) in [6, 6.07) is 9.02. The molecule has 2 rings (SSSR count). The molecule has 1 heterocycles. The highest BCUT2D eigenvalue weighted by Gasteiger charge is 2.50. The maximum atomic E-state index is 11.5. The van der Waals surface area contributed by atoms with Gasteiger partial charge in [0.25, 0.3) is 20.2 Å². The van der Waals surface area contributed by atoms with Crippen molar-refractivity contribution in [1.29, 1.82) is 0 Å². The van der Waals surface area contributed by atoms with Crippen LogP contribution in [0, 0.1) is 0 Å². The Bertz CT molecular complexity index is 761. The molecule has 0 spiro atoms. The first-order valence-corrected chi connectivity index (χ1v) is 10.8. The van der Waals surface area contributed by atoms with Crippen molar-refractivity contribution in [2.24, 2.45) is 0 Å². The van der Waals surface area contributed by atoms with Crippen LogP contribution in [0.1, 0.15) is 5.56 Å². The molecule has 1 aliphatic heterocycles. The van der Waals surface area contributed by atoms with Crippen LogP contribution < -0.4 is 0 Å². The van der Waals surface area contributed by atoms with Crippen molar-refractivity contribution in [1.82, 2.24) is 0 Å². The summed E-state index contributed by atoms with van der Waals surface area (Å²) in [6.45, 7) is 0.0680. The van der Waals surface area contributed by atoms with Gasteiger partial charge in [-0.05, 0) is 5.56 Å². The fraction of sp³-hybridized carbons (Fsp3) is 0.571. The van der Waals surface area contributed by atoms with Crippen LogP contribution in [0.15, 0.2) is 30.3 Å². The largest absolute Gasteiger partial charge is 0.365 e. The molecule has 1 aliphatic rings. The molecule has 4 atom stereocenters. The zero-order valence-corrected chi connectivity index (χ0v) is 15.5. The zero-order valence-electron chi connectivity index (χ0n) is 13.9. The Morgan fingerprint density at radius 1 is 0.920 bits per heavy atom. The van der Waals surface area contributed by atoms with Crippen molar-refractivity contribution >= 4 is 20.2 Å². The molecule has 1 aromatic carbocycles. The molecule has 0 saturated carbocycles. The van der Waals surface area contributed by atoms with E-state index in [0.717, 1.165) is 18.1 Å². The highest BCUT2D eigenvalue weighted by Crippen LogP contribution is 2.30. The number of rotatable bonds is 8. The molecule has 0 radical (unpaired) electrons. The normalized spacial score (nSPS) is 27.5. The van der Waals surface area contributed by atoms with Crippen LogP contribution in [-0.2, 0) is 49.4 Å². The minimum absolute atomic E-state index is 0.0680. The van der Waals surface area contributed by atoms with Gasteiger partial charge < -0.3 is 14.2 Å². The Morgan fingerprint density at radius 3 is 2.04 bits per heavy atom. The molecule has 0 aliphatic carbocycles. The highest BCUT2D eigenvalue weighted by molar-refractivity contribution is 7.86. The predicted octanol–water partition coefficient (Wildman–Crippen LogP) is 0.222. The first-order valence-electron chi connectivity index (χ1n) is 7.19. The van der Waals surface area contributed by atoms with Gasteiger partial charge in [0.05, 0.1) is 19.1 Å². The van der Waals surface area contributed by atoms with Crippen LogP contribution in [0.4, 0.5) is 0 Å². The van der Waals surface area contributed by atoms with Crippen LogP contribution >= 0.6 is 0 Å². The number of ether oxygens (including phenoxy) is 3. The smallest absolute Gasteiger partial charge is 0.266 e. The Hall–Kier alpha value is -1.08. The number of hydrogen-bond donors (Lipinski definition) is 0. The van der Waals surface area contributed by atoms with Crippen LogP contribution in [0.25, 0.3) is 0 Å². The Labute approximate surface area is 147 Å². The van der Waals surface area contributed by atoms with Gasteiger partial charge in [-0.3, -0.25) is 4.18 Å². The maximum Gasteiger partial charge on any atom is 0.266 e. The molecular formula is C14H20O9S2. The molecule has 1 unspecified atom stereocenters. The van der Waals surface area contributed by atoms with E-state index < -0.39 is 45.0 Å². The molecular weight excluding hydrogens is 376 g/mol. The van der Waals surface area contributed by atoms with Gasteiger partial charge in [-0.15, -0.1) is 0 Å². The van der Waals surface area contributed by atoms with E-state index in [-0.39, 0.29) is 6.61 Å². The molecule has 1 aromatic rings. The van der Waals surface area contributed by atoms with E-state index in [4.69, 9.17) is 22.6 Å². The Kier molecular flexibility index (Phi) is 6.54. The van der Waals surface area contributed by atoms with E-state index in [0.29, 0.717) is 0 Å². The van der Waals surface area contributed by atoms with Gasteiger partial charge in [-0.25, -0.2) is 4.18 Å². The Morgan fingerprint density at radius 2 is 1.52 bits per heavy atom. The first kappa shape index (κ1) is 20.2. The highest BCUT2D eigenvalue weighted by atomic mass is 32.2. The van der Waals surface area contributed by atoms with Gasteiger partial charge in [-0.1, -0.05) is 30.3 Å². The molecule has 9 nitrogen and oxygen atoms in total. The molecule has 0 bridgehead atoms. The van der Waals surface area contributed by atoms with E-state index in [1.807, 2.05) is 6.07 Å². The van der Waals surface area contributed by atoms with E-state index >= 15 is 0 Å². The third-order valence-corrected chi connectivity index (χ3v) is 4.31. The molecule has 1 saturated heterocycles. The lowest BCUT2D eigenvalue weighted by Crippen LogP contribution is -2.40. The topological polar surface area (TPSA) is 114 Å². The summed E-state index contributed by atoms with van der Waals surface area (Å²) in [7, 11) is -6.50. The second-order valence-electron chi connectivity index (χ2n) is 5.44. The van der Waals surface area contributed by atoms with Crippen molar-refractivity contribution in [2.45, 2.75) is 31.4 Å². The molecule has 142 valence electrons. The van der Waals surface area contributed by atoms with E-state index in [1.165, 1.54) is 7.11 Å². The third-order valence-electron chi connectivity index (χ3n) is 3.20. The fourth-order valence-electron chi connectivity index (χ4n) is 2.28. The summed E-state index contributed by atoms with van der Waals surface area (Å²) in [6.07, 6.45) is -3.25. The average Bonchev–Trinajstić information content (AvgIpc) is 2.79. The summed E-state index contributed by atoms with van der Waals surface area (Å²) in [5.74, 6) is 0. The molecule has 0 amide bonds. The molecule has 11 heteroatoms. The van der Waals surface area contributed by atoms with E-state index in [9.17, 15) is 16.8 Å². The monoisotopic (exact) mass is 396 g/mol. The van der Waals surface area contributed by atoms with Crippen molar-refractivity contribution in [3.63, 3.8) is 0 Å². The summed E-state index contributed by atoms with van der Waals surface area (Å²) in [5.41, 5.74) is 0.791. The van der Waals surface area contributed by atoms with Gasteiger partial charge >= 0.3 is 0 Å². The third kappa shape index (κ3) is 6.29. The van der Waals surface area contributed by atoms with Crippen LogP contribution in [0.5, 0.6) is 0 Å². The lowest BCUT2D eigenvalue weighted by molar-refractivity contribution is -0.184. The summed E-state index contributed by atoms with van der Waals surface area (Å²) in [5, 5.41) is 0. The maximum absolute atomic E-state index is 11.5. The zero-order chi connectivity index (χ0) is 18.7. The van der Waals surface area contributed by atoms with Gasteiger partial charge in [0.15, 0.2) is 12.4 Å². The van der Waals surface area contributed by atoms with Crippen molar-refractivity contribution in [3.8, 4) is 0 Å². The summed E-state index contributed by atoms with van der Waals surface area (Å²) >= 11 is 0. The minimum atomic E-state index is -3.89. The second-order valence-corrected chi connectivity index (χ2v) is 8.64. The number of benzene rings is 1. The van der Waals surface area contributed by atoms with E-state index in [2.05, 4.69) is 0 Å². The summed E-state index contributed by atoms with van der Waals surface area (Å²) in [4.78, 5) is 0. The minimum Gasteiger partial charge on any atom is -0.365 e. The van der Waals surface area contributed by atoms with Crippen LogP contribution in [-0.4, -0.2) is 61.2 Å².